The van der Waals surface area contributed by atoms with Crippen molar-refractivity contribution in [2.45, 2.75) is 45.7 Å². The third-order valence-electron chi connectivity index (χ3n) is 3.77. The van der Waals surface area contributed by atoms with Gasteiger partial charge in [0.2, 0.25) is 0 Å². The SMILES string of the molecule is CCC(NC(C(=O)OC)C(C)CC)c1ccccc1O. The summed E-state index contributed by atoms with van der Waals surface area (Å²) in [6.45, 7) is 6.09. The lowest BCUT2D eigenvalue weighted by Crippen LogP contribution is -2.44. The van der Waals surface area contributed by atoms with E-state index >= 15 is 0 Å². The van der Waals surface area contributed by atoms with Gasteiger partial charge in [0, 0.05) is 11.6 Å². The number of phenols is 1. The van der Waals surface area contributed by atoms with Crippen LogP contribution in [-0.2, 0) is 9.53 Å². The van der Waals surface area contributed by atoms with Crippen molar-refractivity contribution in [3.63, 3.8) is 0 Å². The highest BCUT2D eigenvalue weighted by atomic mass is 16.5. The number of ether oxygens (including phenoxy) is 1. The van der Waals surface area contributed by atoms with Crippen LogP contribution in [0, 0.1) is 5.92 Å². The molecule has 0 aliphatic heterocycles. The first-order chi connectivity index (χ1) is 9.54. The van der Waals surface area contributed by atoms with Gasteiger partial charge in [0.05, 0.1) is 7.11 Å². The fraction of sp³-hybridized carbons (Fsp3) is 0.562. The molecule has 0 radical (unpaired) electrons. The number of methoxy groups -OCH3 is 1. The molecule has 1 aromatic rings. The fourth-order valence-corrected chi connectivity index (χ4v) is 2.25. The van der Waals surface area contributed by atoms with E-state index in [-0.39, 0.29) is 29.7 Å². The van der Waals surface area contributed by atoms with Crippen molar-refractivity contribution >= 4 is 5.97 Å². The van der Waals surface area contributed by atoms with Gasteiger partial charge in [-0.25, -0.2) is 0 Å². The van der Waals surface area contributed by atoms with Gasteiger partial charge in [-0.05, 0) is 18.4 Å². The number of carbonyl (C=O) groups is 1. The number of aromatic hydroxyl groups is 1. The number of nitrogens with one attached hydrogen (secondary N) is 1. The molecule has 1 aromatic carbocycles. The first kappa shape index (κ1) is 16.5. The molecule has 0 amide bonds. The van der Waals surface area contributed by atoms with Crippen molar-refractivity contribution in [1.29, 1.82) is 0 Å². The zero-order valence-corrected chi connectivity index (χ0v) is 12.7. The van der Waals surface area contributed by atoms with Crippen LogP contribution in [0.25, 0.3) is 0 Å². The monoisotopic (exact) mass is 279 g/mol. The predicted molar refractivity (Wildman–Crippen MR) is 79.5 cm³/mol. The summed E-state index contributed by atoms with van der Waals surface area (Å²) in [5.74, 6) is 0.162. The molecule has 1 rings (SSSR count). The smallest absolute Gasteiger partial charge is 0.323 e. The van der Waals surface area contributed by atoms with Crippen molar-refractivity contribution < 1.29 is 14.6 Å². The van der Waals surface area contributed by atoms with E-state index < -0.39 is 0 Å². The molecule has 112 valence electrons. The van der Waals surface area contributed by atoms with Crippen LogP contribution < -0.4 is 5.32 Å². The Morgan fingerprint density at radius 1 is 1.30 bits per heavy atom. The van der Waals surface area contributed by atoms with Gasteiger partial charge in [-0.2, -0.15) is 0 Å². The number of rotatable bonds is 7. The van der Waals surface area contributed by atoms with Crippen LogP contribution in [-0.4, -0.2) is 24.2 Å². The number of phenolic OH excluding ortho intramolecular Hbond substituents is 1. The van der Waals surface area contributed by atoms with Gasteiger partial charge in [0.15, 0.2) is 0 Å². The summed E-state index contributed by atoms with van der Waals surface area (Å²) < 4.78 is 4.88. The Bertz CT molecular complexity index is 433. The quantitative estimate of drug-likeness (QED) is 0.753. The van der Waals surface area contributed by atoms with Gasteiger partial charge < -0.3 is 9.84 Å². The Hall–Kier alpha value is -1.55. The van der Waals surface area contributed by atoms with E-state index in [0.717, 1.165) is 18.4 Å². The molecule has 0 fully saturated rings. The van der Waals surface area contributed by atoms with Gasteiger partial charge in [0.25, 0.3) is 0 Å². The van der Waals surface area contributed by atoms with Crippen LogP contribution in [0.1, 0.15) is 45.2 Å². The highest BCUT2D eigenvalue weighted by molar-refractivity contribution is 5.76. The maximum atomic E-state index is 11.9. The van der Waals surface area contributed by atoms with Crippen LogP contribution in [0.5, 0.6) is 5.75 Å². The third kappa shape index (κ3) is 3.97. The highest BCUT2D eigenvalue weighted by Crippen LogP contribution is 2.27. The molecule has 3 atom stereocenters. The molecule has 4 nitrogen and oxygen atoms in total. The third-order valence-corrected chi connectivity index (χ3v) is 3.77. The summed E-state index contributed by atoms with van der Waals surface area (Å²) in [6.07, 6.45) is 1.66. The van der Waals surface area contributed by atoms with Crippen LogP contribution >= 0.6 is 0 Å². The average Bonchev–Trinajstić information content (AvgIpc) is 2.48. The van der Waals surface area contributed by atoms with E-state index in [4.69, 9.17) is 4.74 Å². The second kappa shape index (κ2) is 7.90. The number of hydrogen-bond donors (Lipinski definition) is 2. The zero-order chi connectivity index (χ0) is 15.1. The Morgan fingerprint density at radius 3 is 2.45 bits per heavy atom. The minimum atomic E-state index is -0.366. The van der Waals surface area contributed by atoms with Crippen molar-refractivity contribution in [3.05, 3.63) is 29.8 Å². The van der Waals surface area contributed by atoms with E-state index in [9.17, 15) is 9.90 Å². The Kier molecular flexibility index (Phi) is 6.52. The van der Waals surface area contributed by atoms with E-state index in [1.165, 1.54) is 7.11 Å². The first-order valence-electron chi connectivity index (χ1n) is 7.16. The zero-order valence-electron chi connectivity index (χ0n) is 12.7. The molecule has 0 spiro atoms. The van der Waals surface area contributed by atoms with Crippen LogP contribution in [0.3, 0.4) is 0 Å². The van der Waals surface area contributed by atoms with Crippen molar-refractivity contribution in [2.75, 3.05) is 7.11 Å². The Labute approximate surface area is 121 Å². The van der Waals surface area contributed by atoms with E-state index in [1.807, 2.05) is 32.9 Å². The van der Waals surface area contributed by atoms with Crippen LogP contribution in [0.15, 0.2) is 24.3 Å². The standard InChI is InChI=1S/C16H25NO3/c1-5-11(3)15(16(19)20-4)17-13(6-2)12-9-7-8-10-14(12)18/h7-11,13,15,17-18H,5-6H2,1-4H3. The molecule has 0 heterocycles. The number of carbonyl (C=O) groups excluding carboxylic acids is 1. The van der Waals surface area contributed by atoms with E-state index in [1.54, 1.807) is 12.1 Å². The lowest BCUT2D eigenvalue weighted by Gasteiger charge is -2.27. The van der Waals surface area contributed by atoms with Gasteiger partial charge in [0.1, 0.15) is 11.8 Å². The predicted octanol–water partition coefficient (Wildman–Crippen LogP) is 3.02. The summed E-state index contributed by atoms with van der Waals surface area (Å²) >= 11 is 0. The molecule has 0 aliphatic rings. The van der Waals surface area contributed by atoms with Gasteiger partial charge in [-0.1, -0.05) is 45.4 Å². The fourth-order valence-electron chi connectivity index (χ4n) is 2.25. The number of benzene rings is 1. The normalized spacial score (nSPS) is 15.4. The Balaban J connectivity index is 2.95. The molecular weight excluding hydrogens is 254 g/mol. The van der Waals surface area contributed by atoms with Crippen molar-refractivity contribution in [2.24, 2.45) is 5.92 Å². The van der Waals surface area contributed by atoms with E-state index in [2.05, 4.69) is 5.32 Å². The molecular formula is C16H25NO3. The van der Waals surface area contributed by atoms with Crippen LogP contribution in [0.2, 0.25) is 0 Å². The molecule has 20 heavy (non-hydrogen) atoms. The molecule has 0 bridgehead atoms. The molecule has 0 saturated carbocycles. The average molecular weight is 279 g/mol. The topological polar surface area (TPSA) is 58.6 Å². The summed E-state index contributed by atoms with van der Waals surface area (Å²) in [6, 6.07) is 6.77. The second-order valence-corrected chi connectivity index (χ2v) is 5.07. The second-order valence-electron chi connectivity index (χ2n) is 5.07. The molecule has 4 heteroatoms. The first-order valence-corrected chi connectivity index (χ1v) is 7.16. The van der Waals surface area contributed by atoms with Gasteiger partial charge >= 0.3 is 5.97 Å². The largest absolute Gasteiger partial charge is 0.508 e. The number of hydrogen-bond acceptors (Lipinski definition) is 4. The van der Waals surface area contributed by atoms with Crippen molar-refractivity contribution in [1.82, 2.24) is 5.32 Å². The summed E-state index contributed by atoms with van der Waals surface area (Å²) in [7, 11) is 1.40. The van der Waals surface area contributed by atoms with Gasteiger partial charge in [-0.15, -0.1) is 0 Å². The summed E-state index contributed by atoms with van der Waals surface area (Å²) in [5.41, 5.74) is 0.812. The number of para-hydroxylation sites is 1. The Morgan fingerprint density at radius 2 is 1.95 bits per heavy atom. The maximum absolute atomic E-state index is 11.9. The minimum absolute atomic E-state index is 0.0747. The molecule has 0 aliphatic carbocycles. The molecule has 0 aromatic heterocycles. The van der Waals surface area contributed by atoms with Gasteiger partial charge in [-0.3, -0.25) is 10.1 Å². The lowest BCUT2D eigenvalue weighted by atomic mass is 9.95. The molecule has 3 unspecified atom stereocenters. The highest BCUT2D eigenvalue weighted by Gasteiger charge is 2.28. The van der Waals surface area contributed by atoms with E-state index in [0.29, 0.717) is 0 Å². The molecule has 0 saturated heterocycles. The molecule has 2 N–H and O–H groups in total. The summed E-state index contributed by atoms with van der Waals surface area (Å²) in [4.78, 5) is 11.9. The lowest BCUT2D eigenvalue weighted by molar-refractivity contribution is -0.144. The van der Waals surface area contributed by atoms with Crippen molar-refractivity contribution in [3.8, 4) is 5.75 Å². The maximum Gasteiger partial charge on any atom is 0.323 e. The number of esters is 1. The van der Waals surface area contributed by atoms with Crippen LogP contribution in [0.4, 0.5) is 0 Å². The minimum Gasteiger partial charge on any atom is -0.508 e. The summed E-state index contributed by atoms with van der Waals surface area (Å²) in [5, 5.41) is 13.3.